The second-order valence-corrected chi connectivity index (χ2v) is 5.04. The second kappa shape index (κ2) is 0.900. The molecule has 6 aliphatic carbocycles. The Balaban J connectivity index is 1.85. The molecule has 2 heteroatoms. The molecule has 56 valence electrons. The maximum atomic E-state index is 8.82. The Kier molecular flexibility index (Phi) is 0.367. The molecule has 0 aromatic heterocycles. The van der Waals surface area contributed by atoms with Crippen molar-refractivity contribution in [3.8, 4) is 0 Å². The molecule has 0 spiro atoms. The zero-order valence-electron chi connectivity index (χ0n) is 6.01. The zero-order valence-corrected chi connectivity index (χ0v) is 6.01. The Morgan fingerprint density at radius 2 is 1.27 bits per heavy atom. The summed E-state index contributed by atoms with van der Waals surface area (Å²) in [6.45, 7) is 0. The summed E-state index contributed by atoms with van der Waals surface area (Å²) in [5.41, 5.74) is 1.21. The SMILES string of the molecule is ON=C1C2[C@@H]3C4C5[C@H]3C1[C@@H]5[C@H]24. The molecule has 2 bridgehead atoms. The number of hydrogen-bond donors (Lipinski definition) is 1. The molecule has 0 heterocycles. The van der Waals surface area contributed by atoms with E-state index in [1.165, 1.54) is 5.71 Å². The Morgan fingerprint density at radius 1 is 0.818 bits per heavy atom. The van der Waals surface area contributed by atoms with E-state index >= 15 is 0 Å². The molecule has 0 amide bonds. The third-order valence-electron chi connectivity index (χ3n) is 5.57. The average Bonchev–Trinajstić information content (AvgIpc) is 2.30. The van der Waals surface area contributed by atoms with Crippen LogP contribution in [-0.4, -0.2) is 10.9 Å². The molecule has 0 aromatic carbocycles. The zero-order chi connectivity index (χ0) is 6.90. The average molecular weight is 147 g/mol. The Morgan fingerprint density at radius 3 is 1.64 bits per heavy atom. The van der Waals surface area contributed by atoms with Crippen LogP contribution in [-0.2, 0) is 0 Å². The number of oxime groups is 1. The molecule has 0 aliphatic heterocycles. The molecular weight excluding hydrogens is 138 g/mol. The molecule has 6 fully saturated rings. The van der Waals surface area contributed by atoms with Gasteiger partial charge in [-0.05, 0) is 35.5 Å². The lowest BCUT2D eigenvalue weighted by molar-refractivity contribution is -0.379. The van der Waals surface area contributed by atoms with Crippen molar-refractivity contribution in [3.05, 3.63) is 0 Å². The molecule has 4 unspecified atom stereocenters. The molecule has 0 saturated heterocycles. The predicted octanol–water partition coefficient (Wildman–Crippen LogP) is 0.814. The van der Waals surface area contributed by atoms with Crippen LogP contribution >= 0.6 is 0 Å². The van der Waals surface area contributed by atoms with Gasteiger partial charge in [0.15, 0.2) is 0 Å². The van der Waals surface area contributed by atoms with Crippen LogP contribution in [0.2, 0.25) is 0 Å². The van der Waals surface area contributed by atoms with E-state index in [2.05, 4.69) is 5.16 Å². The summed E-state index contributed by atoms with van der Waals surface area (Å²) >= 11 is 0. The van der Waals surface area contributed by atoms with Gasteiger partial charge in [-0.3, -0.25) is 0 Å². The van der Waals surface area contributed by atoms with Crippen molar-refractivity contribution in [1.82, 2.24) is 0 Å². The summed E-state index contributed by atoms with van der Waals surface area (Å²) < 4.78 is 0. The van der Waals surface area contributed by atoms with Crippen LogP contribution in [0.3, 0.4) is 0 Å². The summed E-state index contributed by atoms with van der Waals surface area (Å²) in [6, 6.07) is 0. The first-order chi connectivity index (χ1) is 5.45. The molecule has 6 saturated carbocycles. The Labute approximate surface area is 64.3 Å². The quantitative estimate of drug-likeness (QED) is 0.399. The maximum absolute atomic E-state index is 8.82. The van der Waals surface area contributed by atoms with Crippen LogP contribution < -0.4 is 0 Å². The van der Waals surface area contributed by atoms with E-state index in [0.717, 1.165) is 47.3 Å². The molecular formula is C9H9NO. The number of rotatable bonds is 0. The van der Waals surface area contributed by atoms with Gasteiger partial charge in [0.1, 0.15) is 0 Å². The van der Waals surface area contributed by atoms with Gasteiger partial charge in [0.2, 0.25) is 0 Å². The lowest BCUT2D eigenvalue weighted by Crippen LogP contribution is -2.81. The van der Waals surface area contributed by atoms with E-state index in [0.29, 0.717) is 0 Å². The van der Waals surface area contributed by atoms with E-state index in [9.17, 15) is 0 Å². The molecule has 1 N–H and O–H groups in total. The van der Waals surface area contributed by atoms with Crippen LogP contribution in [0.5, 0.6) is 0 Å². The molecule has 2 nitrogen and oxygen atoms in total. The van der Waals surface area contributed by atoms with Crippen molar-refractivity contribution in [2.45, 2.75) is 0 Å². The molecule has 0 radical (unpaired) electrons. The fraction of sp³-hybridized carbons (Fsp3) is 0.889. The first kappa shape index (κ1) is 4.48. The summed E-state index contributed by atoms with van der Waals surface area (Å²) in [4.78, 5) is 0. The van der Waals surface area contributed by atoms with Gasteiger partial charge in [0, 0.05) is 11.8 Å². The van der Waals surface area contributed by atoms with Crippen LogP contribution in [0.25, 0.3) is 0 Å². The van der Waals surface area contributed by atoms with Gasteiger partial charge in [0.25, 0.3) is 0 Å². The first-order valence-electron chi connectivity index (χ1n) is 4.67. The number of hydrogen-bond acceptors (Lipinski definition) is 2. The van der Waals surface area contributed by atoms with Crippen molar-refractivity contribution in [1.29, 1.82) is 0 Å². The minimum atomic E-state index is 0.773. The van der Waals surface area contributed by atoms with Gasteiger partial charge < -0.3 is 5.21 Å². The predicted molar refractivity (Wildman–Crippen MR) is 37.1 cm³/mol. The van der Waals surface area contributed by atoms with Gasteiger partial charge >= 0.3 is 0 Å². The highest BCUT2D eigenvalue weighted by molar-refractivity contribution is 5.99. The fourth-order valence-corrected chi connectivity index (χ4v) is 5.56. The van der Waals surface area contributed by atoms with Crippen molar-refractivity contribution < 1.29 is 5.21 Å². The Hall–Kier alpha value is -0.530. The van der Waals surface area contributed by atoms with Gasteiger partial charge in [-0.1, -0.05) is 5.16 Å². The van der Waals surface area contributed by atoms with Gasteiger partial charge in [-0.2, -0.15) is 0 Å². The molecule has 6 aliphatic rings. The minimum absolute atomic E-state index is 0.773. The highest BCUT2D eigenvalue weighted by Crippen LogP contribution is 2.93. The summed E-state index contributed by atoms with van der Waals surface area (Å²) in [5, 5.41) is 12.3. The van der Waals surface area contributed by atoms with E-state index in [1.54, 1.807) is 0 Å². The van der Waals surface area contributed by atoms with Gasteiger partial charge in [0.05, 0.1) is 5.71 Å². The summed E-state index contributed by atoms with van der Waals surface area (Å²) in [7, 11) is 0. The molecule has 8 atom stereocenters. The summed E-state index contributed by atoms with van der Waals surface area (Å²) in [6.07, 6.45) is 0. The van der Waals surface area contributed by atoms with Crippen molar-refractivity contribution in [3.63, 3.8) is 0 Å². The van der Waals surface area contributed by atoms with Crippen LogP contribution in [0.15, 0.2) is 5.16 Å². The van der Waals surface area contributed by atoms with E-state index < -0.39 is 0 Å². The van der Waals surface area contributed by atoms with Crippen LogP contribution in [0.4, 0.5) is 0 Å². The second-order valence-electron chi connectivity index (χ2n) is 5.04. The lowest BCUT2D eigenvalue weighted by Gasteiger charge is -2.83. The van der Waals surface area contributed by atoms with Crippen molar-refractivity contribution in [2.24, 2.45) is 52.5 Å². The molecule has 6 rings (SSSR count). The molecule has 0 aromatic rings. The van der Waals surface area contributed by atoms with Crippen molar-refractivity contribution in [2.75, 3.05) is 0 Å². The number of nitrogens with zero attached hydrogens (tertiary/aromatic N) is 1. The van der Waals surface area contributed by atoms with E-state index in [1.807, 2.05) is 0 Å². The Bertz CT molecular complexity index is 276. The topological polar surface area (TPSA) is 32.6 Å². The third kappa shape index (κ3) is 0.185. The highest BCUT2D eigenvalue weighted by atomic mass is 16.4. The maximum Gasteiger partial charge on any atom is 0.0644 e. The van der Waals surface area contributed by atoms with Crippen LogP contribution in [0, 0.1) is 47.3 Å². The first-order valence-corrected chi connectivity index (χ1v) is 4.67. The lowest BCUT2D eigenvalue weighted by atomic mass is 9.20. The highest BCUT2D eigenvalue weighted by Gasteiger charge is 2.93. The standard InChI is InChI=1S/C9H9NO/c11-10-9-7-3-1-2-5(3)8(9)6(2)4(1)7/h1-8,11H/t1?,2?,3-,4-,5-,6+,7?,8?/m1/s1. The monoisotopic (exact) mass is 147 g/mol. The summed E-state index contributed by atoms with van der Waals surface area (Å²) in [5.74, 6) is 7.80. The molecule has 11 heavy (non-hydrogen) atoms. The fourth-order valence-electron chi connectivity index (χ4n) is 5.56. The van der Waals surface area contributed by atoms with E-state index in [-0.39, 0.29) is 0 Å². The van der Waals surface area contributed by atoms with E-state index in [4.69, 9.17) is 5.21 Å². The normalized spacial score (nSPS) is 86.7. The van der Waals surface area contributed by atoms with Gasteiger partial charge in [-0.15, -0.1) is 0 Å². The largest absolute Gasteiger partial charge is 0.411 e. The third-order valence-corrected chi connectivity index (χ3v) is 5.57. The van der Waals surface area contributed by atoms with Crippen LogP contribution in [0.1, 0.15) is 0 Å². The van der Waals surface area contributed by atoms with Crippen molar-refractivity contribution >= 4 is 5.71 Å². The minimum Gasteiger partial charge on any atom is -0.411 e. The van der Waals surface area contributed by atoms with Gasteiger partial charge in [-0.25, -0.2) is 0 Å². The smallest absolute Gasteiger partial charge is 0.0644 e.